The number of rotatable bonds is 4. The molecule has 6 nitrogen and oxygen atoms in total. The van der Waals surface area contributed by atoms with Crippen molar-refractivity contribution in [3.63, 3.8) is 0 Å². The Morgan fingerprint density at radius 1 is 1.15 bits per heavy atom. The number of fused-ring (bicyclic) bond motifs is 1. The number of hydrogen-bond donors (Lipinski definition) is 0. The first-order chi connectivity index (χ1) is 12.6. The van der Waals surface area contributed by atoms with Crippen molar-refractivity contribution >= 4 is 21.2 Å². The fourth-order valence-electron chi connectivity index (χ4n) is 3.68. The van der Waals surface area contributed by atoms with Crippen molar-refractivity contribution in [3.8, 4) is 0 Å². The van der Waals surface area contributed by atoms with Crippen LogP contribution in [0.15, 0.2) is 53.6 Å². The summed E-state index contributed by atoms with van der Waals surface area (Å²) in [4.78, 5) is 9.38. The van der Waals surface area contributed by atoms with Gasteiger partial charge in [-0.3, -0.25) is 0 Å². The Labute approximate surface area is 153 Å². The average Bonchev–Trinajstić information content (AvgIpc) is 2.98. The SMILES string of the molecule is Cc1nc2cccnc2n1CC1CCCN(S(=O)(=O)c2ccccc2)C1. The van der Waals surface area contributed by atoms with Gasteiger partial charge in [0.15, 0.2) is 5.65 Å². The van der Waals surface area contributed by atoms with Crippen LogP contribution in [0, 0.1) is 12.8 Å². The number of piperidine rings is 1. The number of pyridine rings is 1. The van der Waals surface area contributed by atoms with Crippen molar-refractivity contribution in [1.82, 2.24) is 18.8 Å². The fraction of sp³-hybridized carbons (Fsp3) is 0.368. The number of aromatic nitrogens is 3. The smallest absolute Gasteiger partial charge is 0.243 e. The van der Waals surface area contributed by atoms with Gasteiger partial charge in [0.1, 0.15) is 11.3 Å². The summed E-state index contributed by atoms with van der Waals surface area (Å²) in [6, 6.07) is 12.5. The first kappa shape index (κ1) is 17.2. The molecular weight excluding hydrogens is 348 g/mol. The Bertz CT molecular complexity index is 1010. The number of imidazole rings is 1. The molecule has 1 aromatic carbocycles. The first-order valence-corrected chi connectivity index (χ1v) is 10.3. The maximum absolute atomic E-state index is 12.9. The summed E-state index contributed by atoms with van der Waals surface area (Å²) < 4.78 is 29.6. The molecule has 0 saturated carbocycles. The Kier molecular flexibility index (Phi) is 4.50. The van der Waals surface area contributed by atoms with E-state index >= 15 is 0 Å². The molecule has 136 valence electrons. The molecule has 1 unspecified atom stereocenters. The van der Waals surface area contributed by atoms with Crippen LogP contribution in [0.3, 0.4) is 0 Å². The number of sulfonamides is 1. The summed E-state index contributed by atoms with van der Waals surface area (Å²) in [7, 11) is -3.43. The largest absolute Gasteiger partial charge is 0.313 e. The minimum Gasteiger partial charge on any atom is -0.313 e. The quantitative estimate of drug-likeness (QED) is 0.708. The molecule has 4 rings (SSSR count). The molecule has 0 bridgehead atoms. The van der Waals surface area contributed by atoms with Crippen LogP contribution in [0.4, 0.5) is 0 Å². The van der Waals surface area contributed by atoms with Gasteiger partial charge in [-0.25, -0.2) is 18.4 Å². The van der Waals surface area contributed by atoms with E-state index < -0.39 is 10.0 Å². The molecule has 2 aromatic heterocycles. The second-order valence-corrected chi connectivity index (χ2v) is 8.74. The van der Waals surface area contributed by atoms with Gasteiger partial charge in [0, 0.05) is 25.8 Å². The van der Waals surface area contributed by atoms with E-state index in [1.54, 1.807) is 34.8 Å². The van der Waals surface area contributed by atoms with E-state index in [1.165, 1.54) is 0 Å². The Balaban J connectivity index is 1.57. The van der Waals surface area contributed by atoms with Gasteiger partial charge >= 0.3 is 0 Å². The molecule has 1 aliphatic heterocycles. The molecule has 1 saturated heterocycles. The predicted molar refractivity (Wildman–Crippen MR) is 100 cm³/mol. The number of aryl methyl sites for hydroxylation is 1. The molecule has 0 radical (unpaired) electrons. The highest BCUT2D eigenvalue weighted by Crippen LogP contribution is 2.26. The highest BCUT2D eigenvalue weighted by atomic mass is 32.2. The third-order valence-electron chi connectivity index (χ3n) is 5.00. The molecular formula is C19H22N4O2S. The summed E-state index contributed by atoms with van der Waals surface area (Å²) in [5.74, 6) is 1.17. The lowest BCUT2D eigenvalue weighted by atomic mass is 9.99. The van der Waals surface area contributed by atoms with E-state index in [-0.39, 0.29) is 5.92 Å². The summed E-state index contributed by atoms with van der Waals surface area (Å²) in [5, 5.41) is 0. The van der Waals surface area contributed by atoms with E-state index in [9.17, 15) is 8.42 Å². The third-order valence-corrected chi connectivity index (χ3v) is 6.88. The topological polar surface area (TPSA) is 68.1 Å². The summed E-state index contributed by atoms with van der Waals surface area (Å²) in [6.07, 6.45) is 3.65. The molecule has 1 fully saturated rings. The predicted octanol–water partition coefficient (Wildman–Crippen LogP) is 2.84. The van der Waals surface area contributed by atoms with Crippen molar-refractivity contribution in [3.05, 3.63) is 54.5 Å². The van der Waals surface area contributed by atoms with Crippen molar-refractivity contribution in [1.29, 1.82) is 0 Å². The van der Waals surface area contributed by atoms with Crippen LogP contribution in [0.5, 0.6) is 0 Å². The van der Waals surface area contributed by atoms with E-state index in [1.807, 2.05) is 25.1 Å². The number of nitrogens with zero attached hydrogens (tertiary/aromatic N) is 4. The van der Waals surface area contributed by atoms with Crippen molar-refractivity contribution in [2.45, 2.75) is 31.2 Å². The van der Waals surface area contributed by atoms with Gasteiger partial charge in [0.25, 0.3) is 0 Å². The lowest BCUT2D eigenvalue weighted by Gasteiger charge is -2.32. The summed E-state index contributed by atoms with van der Waals surface area (Å²) in [5.41, 5.74) is 1.75. The van der Waals surface area contributed by atoms with Crippen LogP contribution in [0.1, 0.15) is 18.7 Å². The summed E-state index contributed by atoms with van der Waals surface area (Å²) in [6.45, 7) is 3.82. The van der Waals surface area contributed by atoms with E-state index in [4.69, 9.17) is 0 Å². The Morgan fingerprint density at radius 2 is 1.96 bits per heavy atom. The minimum absolute atomic E-state index is 0.250. The van der Waals surface area contributed by atoms with Gasteiger partial charge in [-0.2, -0.15) is 4.31 Å². The van der Waals surface area contributed by atoms with Gasteiger partial charge < -0.3 is 4.57 Å². The molecule has 0 spiro atoms. The molecule has 0 amide bonds. The van der Waals surface area contributed by atoms with Crippen LogP contribution in [0.25, 0.3) is 11.2 Å². The second kappa shape index (κ2) is 6.81. The number of hydrogen-bond acceptors (Lipinski definition) is 4. The first-order valence-electron chi connectivity index (χ1n) is 8.89. The van der Waals surface area contributed by atoms with E-state index in [0.717, 1.165) is 36.4 Å². The monoisotopic (exact) mass is 370 g/mol. The van der Waals surface area contributed by atoms with E-state index in [0.29, 0.717) is 18.0 Å². The standard InChI is InChI=1S/C19H22N4O2S/c1-15-21-18-10-5-11-20-19(18)23(15)14-16-7-6-12-22(13-16)26(24,25)17-8-3-2-4-9-17/h2-5,8-11,16H,6-7,12-14H2,1H3. The lowest BCUT2D eigenvalue weighted by Crippen LogP contribution is -2.41. The van der Waals surface area contributed by atoms with Crippen molar-refractivity contribution in [2.75, 3.05) is 13.1 Å². The minimum atomic E-state index is -3.43. The van der Waals surface area contributed by atoms with Gasteiger partial charge in [-0.1, -0.05) is 18.2 Å². The zero-order chi connectivity index (χ0) is 18.1. The van der Waals surface area contributed by atoms with Crippen LogP contribution in [-0.2, 0) is 16.6 Å². The fourth-order valence-corrected chi connectivity index (χ4v) is 5.26. The van der Waals surface area contributed by atoms with Gasteiger partial charge in [0.05, 0.1) is 4.90 Å². The van der Waals surface area contributed by atoms with Gasteiger partial charge in [-0.05, 0) is 49.9 Å². The highest BCUT2D eigenvalue weighted by molar-refractivity contribution is 7.89. The normalized spacial score (nSPS) is 19.0. The van der Waals surface area contributed by atoms with Crippen molar-refractivity contribution in [2.24, 2.45) is 5.92 Å². The van der Waals surface area contributed by atoms with Crippen LogP contribution in [0.2, 0.25) is 0 Å². The average molecular weight is 370 g/mol. The van der Waals surface area contributed by atoms with Crippen LogP contribution >= 0.6 is 0 Å². The molecule has 26 heavy (non-hydrogen) atoms. The number of benzene rings is 1. The highest BCUT2D eigenvalue weighted by Gasteiger charge is 2.30. The third kappa shape index (κ3) is 3.12. The zero-order valence-electron chi connectivity index (χ0n) is 14.7. The van der Waals surface area contributed by atoms with E-state index in [2.05, 4.69) is 14.5 Å². The van der Waals surface area contributed by atoms with Crippen LogP contribution in [-0.4, -0.2) is 40.3 Å². The Hall–Kier alpha value is -2.25. The molecule has 3 aromatic rings. The molecule has 3 heterocycles. The van der Waals surface area contributed by atoms with Gasteiger partial charge in [0.2, 0.25) is 10.0 Å². The molecule has 7 heteroatoms. The second-order valence-electron chi connectivity index (χ2n) is 6.80. The molecule has 1 atom stereocenters. The van der Waals surface area contributed by atoms with Crippen LogP contribution < -0.4 is 0 Å². The summed E-state index contributed by atoms with van der Waals surface area (Å²) >= 11 is 0. The maximum Gasteiger partial charge on any atom is 0.243 e. The molecule has 0 aliphatic carbocycles. The zero-order valence-corrected chi connectivity index (χ0v) is 15.6. The lowest BCUT2D eigenvalue weighted by molar-refractivity contribution is 0.245. The molecule has 1 aliphatic rings. The van der Waals surface area contributed by atoms with Gasteiger partial charge in [-0.15, -0.1) is 0 Å². The Morgan fingerprint density at radius 3 is 2.77 bits per heavy atom. The van der Waals surface area contributed by atoms with Crippen molar-refractivity contribution < 1.29 is 8.42 Å². The maximum atomic E-state index is 12.9. The molecule has 0 N–H and O–H groups in total.